The first kappa shape index (κ1) is 8.44. The summed E-state index contributed by atoms with van der Waals surface area (Å²) in [5.74, 6) is -1.25. The molecule has 5 nitrogen and oxygen atoms in total. The molecular weight excluding hydrogens is 172 g/mol. The zero-order valence-corrected chi connectivity index (χ0v) is 5.75. The molecule has 1 heterocycles. The topological polar surface area (TPSA) is 81.0 Å². The molecule has 0 bridgehead atoms. The lowest BCUT2D eigenvalue weighted by atomic mass is 10.4. The smallest absolute Gasteiger partial charge is 0.387 e. The van der Waals surface area contributed by atoms with E-state index in [1.807, 2.05) is 0 Å². The van der Waals surface area contributed by atoms with Crippen LogP contribution in [0.1, 0.15) is 10.5 Å². The van der Waals surface area contributed by atoms with E-state index in [0.29, 0.717) is 0 Å². The normalized spacial score (nSPS) is 10.2. The number of aromatic nitrogens is 2. The number of nitrogens with zero attached hydrogens (tertiary/aromatic N) is 1. The Bertz CT molecular complexity index is 286. The number of hydrogen-bond donors (Lipinski definition) is 2. The number of carbonyl (C=O) groups is 1. The fraction of sp³-hybridized carbons (Fsp3) is 0.200. The molecule has 0 saturated carbocycles. The predicted octanol–water partition coefficient (Wildman–Crippen LogP) is 0.110. The Labute approximate surface area is 65.5 Å². The molecule has 3 N–H and O–H groups in total. The summed E-state index contributed by atoms with van der Waals surface area (Å²) in [5.41, 5.74) is 4.53. The van der Waals surface area contributed by atoms with Crippen LogP contribution in [0.5, 0.6) is 5.75 Å². The summed E-state index contributed by atoms with van der Waals surface area (Å²) in [6, 6.07) is 0. The van der Waals surface area contributed by atoms with E-state index in [-0.39, 0.29) is 11.4 Å². The van der Waals surface area contributed by atoms with Crippen molar-refractivity contribution in [3.8, 4) is 5.75 Å². The van der Waals surface area contributed by atoms with Crippen molar-refractivity contribution in [3.05, 3.63) is 11.9 Å². The largest absolute Gasteiger partial charge is 0.431 e. The minimum Gasteiger partial charge on any atom is -0.431 e. The molecule has 0 saturated heterocycles. The molecule has 1 rings (SSSR count). The molecule has 0 aliphatic carbocycles. The molecule has 0 aliphatic heterocycles. The van der Waals surface area contributed by atoms with Crippen LogP contribution in [-0.2, 0) is 0 Å². The van der Waals surface area contributed by atoms with Crippen molar-refractivity contribution in [2.45, 2.75) is 6.61 Å². The van der Waals surface area contributed by atoms with Crippen molar-refractivity contribution < 1.29 is 18.3 Å². The van der Waals surface area contributed by atoms with Crippen LogP contribution in [0.25, 0.3) is 0 Å². The van der Waals surface area contributed by atoms with E-state index in [0.717, 1.165) is 6.20 Å². The molecule has 0 fully saturated rings. The van der Waals surface area contributed by atoms with Gasteiger partial charge in [0.2, 0.25) is 0 Å². The number of halogens is 2. The van der Waals surface area contributed by atoms with Gasteiger partial charge in [0.1, 0.15) is 0 Å². The summed E-state index contributed by atoms with van der Waals surface area (Å²) >= 11 is 0. The fourth-order valence-corrected chi connectivity index (χ4v) is 0.637. The number of primary amides is 1. The molecule has 1 aromatic rings. The number of nitrogens with one attached hydrogen (secondary N) is 1. The van der Waals surface area contributed by atoms with Gasteiger partial charge < -0.3 is 10.5 Å². The molecule has 12 heavy (non-hydrogen) atoms. The first-order valence-electron chi connectivity index (χ1n) is 2.89. The number of hydrogen-bond acceptors (Lipinski definition) is 3. The lowest BCUT2D eigenvalue weighted by molar-refractivity contribution is -0.0501. The highest BCUT2D eigenvalue weighted by molar-refractivity contribution is 5.93. The van der Waals surface area contributed by atoms with Gasteiger partial charge in [0.25, 0.3) is 5.91 Å². The molecule has 66 valence electrons. The van der Waals surface area contributed by atoms with E-state index in [9.17, 15) is 13.6 Å². The third-order valence-electron chi connectivity index (χ3n) is 1.07. The number of H-pyrrole nitrogens is 1. The van der Waals surface area contributed by atoms with Crippen molar-refractivity contribution in [3.63, 3.8) is 0 Å². The first-order chi connectivity index (χ1) is 5.61. The van der Waals surface area contributed by atoms with Crippen molar-refractivity contribution in [1.29, 1.82) is 0 Å². The Kier molecular flexibility index (Phi) is 2.22. The van der Waals surface area contributed by atoms with Gasteiger partial charge >= 0.3 is 6.61 Å². The Morgan fingerprint density at radius 3 is 2.92 bits per heavy atom. The second kappa shape index (κ2) is 3.16. The highest BCUT2D eigenvalue weighted by atomic mass is 19.3. The molecule has 0 aromatic carbocycles. The van der Waals surface area contributed by atoms with Crippen LogP contribution in [0.15, 0.2) is 6.20 Å². The number of carbonyl (C=O) groups excluding carboxylic acids is 1. The summed E-state index contributed by atoms with van der Waals surface area (Å²) in [6.07, 6.45) is 0.951. The maximum Gasteiger partial charge on any atom is 0.387 e. The molecule has 1 aromatic heterocycles. The standard InChI is InChI=1S/C5H5F2N3O2/c6-5(7)12-2-1-9-10-3(2)4(8)11/h1,5H,(H2,8,11)(H,9,10). The molecule has 0 unspecified atom stereocenters. The van der Waals surface area contributed by atoms with Crippen molar-refractivity contribution in [2.24, 2.45) is 5.73 Å². The quantitative estimate of drug-likeness (QED) is 0.687. The Balaban J connectivity index is 2.84. The Morgan fingerprint density at radius 2 is 2.42 bits per heavy atom. The predicted molar refractivity (Wildman–Crippen MR) is 33.7 cm³/mol. The molecule has 0 atom stereocenters. The SMILES string of the molecule is NC(=O)c1[nH]ncc1OC(F)F. The third-order valence-corrected chi connectivity index (χ3v) is 1.07. The van der Waals surface area contributed by atoms with Crippen LogP contribution >= 0.6 is 0 Å². The van der Waals surface area contributed by atoms with Crippen LogP contribution in [0.3, 0.4) is 0 Å². The maximum atomic E-state index is 11.6. The number of nitrogens with two attached hydrogens (primary N) is 1. The van der Waals surface area contributed by atoms with Gasteiger partial charge in [-0.2, -0.15) is 13.9 Å². The fourth-order valence-electron chi connectivity index (χ4n) is 0.637. The van der Waals surface area contributed by atoms with Gasteiger partial charge in [-0.05, 0) is 0 Å². The van der Waals surface area contributed by atoms with Gasteiger partial charge in [-0.3, -0.25) is 9.89 Å². The van der Waals surface area contributed by atoms with E-state index >= 15 is 0 Å². The van der Waals surface area contributed by atoms with Crippen LogP contribution in [0.4, 0.5) is 8.78 Å². The minimum atomic E-state index is -3.00. The number of amides is 1. The average Bonchev–Trinajstić information content (AvgIpc) is 2.33. The Hall–Kier alpha value is -1.66. The van der Waals surface area contributed by atoms with E-state index in [4.69, 9.17) is 5.73 Å². The summed E-state index contributed by atoms with van der Waals surface area (Å²) in [7, 11) is 0. The van der Waals surface area contributed by atoms with Crippen LogP contribution in [-0.4, -0.2) is 22.7 Å². The molecule has 0 spiro atoms. The lowest BCUT2D eigenvalue weighted by Crippen LogP contribution is -2.14. The zero-order valence-electron chi connectivity index (χ0n) is 5.75. The maximum absolute atomic E-state index is 11.6. The van der Waals surface area contributed by atoms with Gasteiger partial charge in [0.05, 0.1) is 6.20 Å². The zero-order chi connectivity index (χ0) is 9.14. The minimum absolute atomic E-state index is 0.268. The second-order valence-electron chi connectivity index (χ2n) is 1.85. The molecule has 0 radical (unpaired) electrons. The number of rotatable bonds is 3. The van der Waals surface area contributed by atoms with E-state index in [1.165, 1.54) is 0 Å². The van der Waals surface area contributed by atoms with Gasteiger partial charge in [-0.1, -0.05) is 0 Å². The van der Waals surface area contributed by atoms with E-state index < -0.39 is 12.5 Å². The van der Waals surface area contributed by atoms with Crippen LogP contribution in [0.2, 0.25) is 0 Å². The van der Waals surface area contributed by atoms with Gasteiger partial charge in [-0.25, -0.2) is 0 Å². The van der Waals surface area contributed by atoms with Crippen molar-refractivity contribution >= 4 is 5.91 Å². The molecule has 7 heteroatoms. The molecule has 0 aliphatic rings. The number of alkyl halides is 2. The number of ether oxygens (including phenoxy) is 1. The van der Waals surface area contributed by atoms with Crippen molar-refractivity contribution in [2.75, 3.05) is 0 Å². The van der Waals surface area contributed by atoms with E-state index in [2.05, 4.69) is 14.9 Å². The lowest BCUT2D eigenvalue weighted by Gasteiger charge is -2.00. The molecule has 1 amide bonds. The van der Waals surface area contributed by atoms with Crippen LogP contribution in [0, 0.1) is 0 Å². The monoisotopic (exact) mass is 177 g/mol. The van der Waals surface area contributed by atoms with Gasteiger partial charge in [0.15, 0.2) is 11.4 Å². The summed E-state index contributed by atoms with van der Waals surface area (Å²) in [5, 5.41) is 5.44. The van der Waals surface area contributed by atoms with Gasteiger partial charge in [-0.15, -0.1) is 0 Å². The Morgan fingerprint density at radius 1 is 1.75 bits per heavy atom. The van der Waals surface area contributed by atoms with Crippen LogP contribution < -0.4 is 10.5 Å². The summed E-state index contributed by atoms with van der Waals surface area (Å²) < 4.78 is 27.2. The van der Waals surface area contributed by atoms with E-state index in [1.54, 1.807) is 0 Å². The first-order valence-corrected chi connectivity index (χ1v) is 2.89. The summed E-state index contributed by atoms with van der Waals surface area (Å²) in [6.45, 7) is -3.00. The summed E-state index contributed by atoms with van der Waals surface area (Å²) in [4.78, 5) is 10.5. The number of aromatic amines is 1. The highest BCUT2D eigenvalue weighted by Crippen LogP contribution is 2.16. The second-order valence-corrected chi connectivity index (χ2v) is 1.85. The highest BCUT2D eigenvalue weighted by Gasteiger charge is 2.15. The average molecular weight is 177 g/mol. The third kappa shape index (κ3) is 1.68. The van der Waals surface area contributed by atoms with Gasteiger partial charge in [0, 0.05) is 0 Å². The molecular formula is C5H5F2N3O2. The van der Waals surface area contributed by atoms with Crippen molar-refractivity contribution in [1.82, 2.24) is 10.2 Å².